The van der Waals surface area contributed by atoms with E-state index in [1.165, 1.54) is 6.33 Å². The van der Waals surface area contributed by atoms with E-state index in [0.717, 1.165) is 18.8 Å². The molecule has 0 spiro atoms. The molecule has 0 unspecified atom stereocenters. The third-order valence-electron chi connectivity index (χ3n) is 2.96. The normalized spacial score (nSPS) is 10.2. The summed E-state index contributed by atoms with van der Waals surface area (Å²) in [6, 6.07) is 1.85. The summed E-state index contributed by atoms with van der Waals surface area (Å²) in [5.41, 5.74) is 0.876. The Hall–Kier alpha value is -2.51. The number of aromatic nitrogens is 5. The molecule has 112 valence electrons. The van der Waals surface area contributed by atoms with Gasteiger partial charge in [0.05, 0.1) is 12.2 Å². The van der Waals surface area contributed by atoms with Gasteiger partial charge in [-0.1, -0.05) is 0 Å². The van der Waals surface area contributed by atoms with E-state index in [2.05, 4.69) is 54.3 Å². The van der Waals surface area contributed by atoms with Crippen LogP contribution in [0.25, 0.3) is 0 Å². The van der Waals surface area contributed by atoms with E-state index in [9.17, 15) is 0 Å². The van der Waals surface area contributed by atoms with Crippen molar-refractivity contribution in [3.63, 3.8) is 0 Å². The molecule has 0 amide bonds. The lowest BCUT2D eigenvalue weighted by Gasteiger charge is -2.19. The summed E-state index contributed by atoms with van der Waals surface area (Å²) in [4.78, 5) is 23.2. The van der Waals surface area contributed by atoms with E-state index in [1.807, 2.05) is 6.07 Å². The summed E-state index contributed by atoms with van der Waals surface area (Å²) < 4.78 is 0. The van der Waals surface area contributed by atoms with Crippen molar-refractivity contribution in [3.05, 3.63) is 24.3 Å². The third kappa shape index (κ3) is 3.98. The lowest BCUT2D eigenvalue weighted by Crippen LogP contribution is -2.25. The average Bonchev–Trinajstić information content (AvgIpc) is 2.55. The van der Waals surface area contributed by atoms with Crippen molar-refractivity contribution in [2.45, 2.75) is 20.4 Å². The molecule has 8 nitrogen and oxygen atoms in total. The Morgan fingerprint density at radius 2 is 1.86 bits per heavy atom. The maximum absolute atomic E-state index is 4.45. The Kier molecular flexibility index (Phi) is 5.19. The zero-order valence-electron chi connectivity index (χ0n) is 12.5. The second kappa shape index (κ2) is 7.32. The third-order valence-corrected chi connectivity index (χ3v) is 2.96. The predicted molar refractivity (Wildman–Crippen MR) is 82.3 cm³/mol. The molecule has 2 aromatic rings. The molecule has 0 aliphatic carbocycles. The number of anilines is 3. The van der Waals surface area contributed by atoms with Gasteiger partial charge in [-0.25, -0.2) is 9.97 Å². The summed E-state index contributed by atoms with van der Waals surface area (Å²) in [7, 11) is 1.79. The lowest BCUT2D eigenvalue weighted by molar-refractivity contribution is 0.812. The zero-order valence-corrected chi connectivity index (χ0v) is 12.5. The molecular formula is C13H20N8. The molecule has 0 saturated heterocycles. The average molecular weight is 288 g/mol. The first-order valence-corrected chi connectivity index (χ1v) is 6.94. The van der Waals surface area contributed by atoms with Gasteiger partial charge in [0.15, 0.2) is 0 Å². The Labute approximate surface area is 124 Å². The van der Waals surface area contributed by atoms with Crippen LogP contribution in [0, 0.1) is 0 Å². The molecule has 2 aromatic heterocycles. The van der Waals surface area contributed by atoms with Crippen LogP contribution >= 0.6 is 0 Å². The summed E-state index contributed by atoms with van der Waals surface area (Å²) in [5.74, 6) is 1.72. The van der Waals surface area contributed by atoms with E-state index in [-0.39, 0.29) is 0 Å². The predicted octanol–water partition coefficient (Wildman–Crippen LogP) is 1.16. The first-order chi connectivity index (χ1) is 10.3. The Bertz CT molecular complexity index is 555. The minimum absolute atomic E-state index is 0.523. The molecular weight excluding hydrogens is 268 g/mol. The smallest absolute Gasteiger partial charge is 0.231 e. The first kappa shape index (κ1) is 14.9. The Balaban J connectivity index is 2.16. The number of hydrogen-bond acceptors (Lipinski definition) is 8. The van der Waals surface area contributed by atoms with Crippen LogP contribution in [0.15, 0.2) is 18.6 Å². The van der Waals surface area contributed by atoms with Gasteiger partial charge in [0.2, 0.25) is 17.8 Å². The number of hydrogen-bond donors (Lipinski definition) is 2. The van der Waals surface area contributed by atoms with Crippen molar-refractivity contribution >= 4 is 17.8 Å². The van der Waals surface area contributed by atoms with Crippen molar-refractivity contribution in [1.29, 1.82) is 0 Å². The van der Waals surface area contributed by atoms with E-state index < -0.39 is 0 Å². The molecule has 0 fully saturated rings. The molecule has 21 heavy (non-hydrogen) atoms. The molecule has 0 aromatic carbocycles. The van der Waals surface area contributed by atoms with Crippen LogP contribution in [0.5, 0.6) is 0 Å². The highest BCUT2D eigenvalue weighted by molar-refractivity contribution is 5.43. The quantitative estimate of drug-likeness (QED) is 0.784. The van der Waals surface area contributed by atoms with Gasteiger partial charge in [0, 0.05) is 26.3 Å². The molecule has 2 N–H and O–H groups in total. The minimum Gasteiger partial charge on any atom is -0.357 e. The number of nitrogens with zero attached hydrogens (tertiary/aromatic N) is 6. The van der Waals surface area contributed by atoms with Gasteiger partial charge in [-0.3, -0.25) is 0 Å². The highest BCUT2D eigenvalue weighted by Gasteiger charge is 2.10. The van der Waals surface area contributed by atoms with Crippen molar-refractivity contribution in [2.75, 3.05) is 35.7 Å². The zero-order chi connectivity index (χ0) is 15.1. The van der Waals surface area contributed by atoms with E-state index >= 15 is 0 Å². The van der Waals surface area contributed by atoms with Crippen molar-refractivity contribution in [1.82, 2.24) is 24.9 Å². The molecule has 0 bridgehead atoms. The summed E-state index contributed by atoms with van der Waals surface area (Å²) in [6.45, 7) is 6.36. The fourth-order valence-electron chi connectivity index (χ4n) is 1.80. The summed E-state index contributed by atoms with van der Waals surface area (Å²) in [5, 5.41) is 6.11. The summed E-state index contributed by atoms with van der Waals surface area (Å²) >= 11 is 0. The monoisotopic (exact) mass is 288 g/mol. The van der Waals surface area contributed by atoms with Crippen LogP contribution in [0.3, 0.4) is 0 Å². The molecule has 2 heterocycles. The van der Waals surface area contributed by atoms with Crippen LogP contribution in [0.2, 0.25) is 0 Å². The van der Waals surface area contributed by atoms with Crippen molar-refractivity contribution in [2.24, 2.45) is 0 Å². The highest BCUT2D eigenvalue weighted by Crippen LogP contribution is 2.13. The Morgan fingerprint density at radius 1 is 1.10 bits per heavy atom. The fourth-order valence-corrected chi connectivity index (χ4v) is 1.80. The van der Waals surface area contributed by atoms with E-state index in [0.29, 0.717) is 24.4 Å². The molecule has 0 aliphatic heterocycles. The fraction of sp³-hybridized carbons (Fsp3) is 0.462. The van der Waals surface area contributed by atoms with Crippen molar-refractivity contribution < 1.29 is 0 Å². The molecule has 0 aliphatic rings. The molecule has 0 radical (unpaired) electrons. The van der Waals surface area contributed by atoms with Gasteiger partial charge in [-0.15, -0.1) is 0 Å². The summed E-state index contributed by atoms with van der Waals surface area (Å²) in [6.07, 6.45) is 3.22. The lowest BCUT2D eigenvalue weighted by atomic mass is 10.4. The SMILES string of the molecule is CCN(CC)c1nc(NC)nc(NCc2ccncn2)n1. The van der Waals surface area contributed by atoms with Gasteiger partial charge in [0.1, 0.15) is 6.33 Å². The first-order valence-electron chi connectivity index (χ1n) is 6.94. The number of rotatable bonds is 7. The molecule has 0 atom stereocenters. The maximum Gasteiger partial charge on any atom is 0.231 e. The van der Waals surface area contributed by atoms with E-state index in [4.69, 9.17) is 0 Å². The molecule has 2 rings (SSSR count). The minimum atomic E-state index is 0.523. The van der Waals surface area contributed by atoms with Crippen LogP contribution in [0.4, 0.5) is 17.8 Å². The maximum atomic E-state index is 4.45. The van der Waals surface area contributed by atoms with Gasteiger partial charge in [-0.05, 0) is 19.9 Å². The van der Waals surface area contributed by atoms with Crippen LogP contribution in [-0.4, -0.2) is 45.1 Å². The Morgan fingerprint density at radius 3 is 2.48 bits per heavy atom. The molecule has 8 heteroatoms. The largest absolute Gasteiger partial charge is 0.357 e. The van der Waals surface area contributed by atoms with Crippen LogP contribution in [0.1, 0.15) is 19.5 Å². The van der Waals surface area contributed by atoms with Crippen LogP contribution in [-0.2, 0) is 6.54 Å². The molecule has 0 saturated carbocycles. The van der Waals surface area contributed by atoms with Crippen LogP contribution < -0.4 is 15.5 Å². The van der Waals surface area contributed by atoms with Gasteiger partial charge < -0.3 is 15.5 Å². The standard InChI is InChI=1S/C13H20N8/c1-4-21(5-2)13-19-11(14-3)18-12(20-13)16-8-10-6-7-15-9-17-10/h6-7,9H,4-5,8H2,1-3H3,(H2,14,16,18,19,20). The second-order valence-corrected chi connectivity index (χ2v) is 4.26. The van der Waals surface area contributed by atoms with Gasteiger partial charge >= 0.3 is 0 Å². The second-order valence-electron chi connectivity index (χ2n) is 4.26. The topological polar surface area (TPSA) is 91.8 Å². The van der Waals surface area contributed by atoms with Gasteiger partial charge in [-0.2, -0.15) is 15.0 Å². The van der Waals surface area contributed by atoms with Crippen molar-refractivity contribution in [3.8, 4) is 0 Å². The van der Waals surface area contributed by atoms with E-state index in [1.54, 1.807) is 13.2 Å². The van der Waals surface area contributed by atoms with Gasteiger partial charge in [0.25, 0.3) is 0 Å². The number of nitrogens with one attached hydrogen (secondary N) is 2. The highest BCUT2D eigenvalue weighted by atomic mass is 15.3.